The van der Waals surface area contributed by atoms with Crippen LogP contribution in [-0.2, 0) is 6.54 Å². The summed E-state index contributed by atoms with van der Waals surface area (Å²) in [5.41, 5.74) is 3.12. The summed E-state index contributed by atoms with van der Waals surface area (Å²) < 4.78 is 12.2. The molecule has 41 heavy (non-hydrogen) atoms. The van der Waals surface area contributed by atoms with Crippen molar-refractivity contribution in [1.82, 2.24) is 40.0 Å². The average Bonchev–Trinajstić information content (AvgIpc) is 3.71. The molecule has 0 spiro atoms. The Morgan fingerprint density at radius 1 is 1.02 bits per heavy atom. The third-order valence-electron chi connectivity index (χ3n) is 9.55. The van der Waals surface area contributed by atoms with Gasteiger partial charge in [-0.2, -0.15) is 4.98 Å². The van der Waals surface area contributed by atoms with Gasteiger partial charge in [0.05, 0.1) is 6.04 Å². The van der Waals surface area contributed by atoms with Crippen molar-refractivity contribution in [2.24, 2.45) is 17.8 Å². The lowest BCUT2D eigenvalue weighted by Crippen LogP contribution is -2.31. The summed E-state index contributed by atoms with van der Waals surface area (Å²) >= 11 is 0. The van der Waals surface area contributed by atoms with E-state index in [0.717, 1.165) is 54.7 Å². The summed E-state index contributed by atoms with van der Waals surface area (Å²) in [5.74, 6) is 3.32. The molecule has 2 saturated carbocycles. The summed E-state index contributed by atoms with van der Waals surface area (Å²) in [7, 11) is 0. The Morgan fingerprint density at radius 3 is 2.54 bits per heavy atom. The highest BCUT2D eigenvalue weighted by molar-refractivity contribution is 5.87. The molecule has 0 radical (unpaired) electrons. The third-order valence-corrected chi connectivity index (χ3v) is 9.55. The van der Waals surface area contributed by atoms with Crippen molar-refractivity contribution in [3.8, 4) is 11.6 Å². The van der Waals surface area contributed by atoms with E-state index in [9.17, 15) is 4.79 Å². The lowest BCUT2D eigenvalue weighted by molar-refractivity contribution is 0.266. The van der Waals surface area contributed by atoms with Crippen molar-refractivity contribution >= 4 is 22.9 Å². The van der Waals surface area contributed by atoms with Gasteiger partial charge in [-0.1, -0.05) is 41.7 Å². The van der Waals surface area contributed by atoms with Gasteiger partial charge < -0.3 is 14.8 Å². The minimum Gasteiger partial charge on any atom is -0.365 e. The molecule has 3 fully saturated rings. The van der Waals surface area contributed by atoms with Gasteiger partial charge in [0.1, 0.15) is 16.9 Å². The van der Waals surface area contributed by atoms with Crippen molar-refractivity contribution in [2.45, 2.75) is 97.2 Å². The molecule has 4 aromatic rings. The molecule has 2 atom stereocenters. The van der Waals surface area contributed by atoms with Crippen LogP contribution in [0.4, 0.5) is 11.8 Å². The summed E-state index contributed by atoms with van der Waals surface area (Å²) in [4.78, 5) is 31.6. The van der Waals surface area contributed by atoms with Crippen LogP contribution in [0, 0.1) is 24.7 Å². The molecule has 1 unspecified atom stereocenters. The Labute approximate surface area is 237 Å². The largest absolute Gasteiger partial charge is 0.439 e. The SMILES string of the molecule is Cc1nonc1C1CCCN1c1nc2nc(-c3noc(=O)[nH]3)nc(N[C@H](C)C3CCC3)c2n1C[C@H]1CC[C@H](C)CC1. The lowest BCUT2D eigenvalue weighted by Gasteiger charge is -2.33. The molecule has 1 aliphatic heterocycles. The first-order valence-electron chi connectivity index (χ1n) is 15.1. The van der Waals surface area contributed by atoms with Crippen molar-refractivity contribution in [3.63, 3.8) is 0 Å². The third kappa shape index (κ3) is 4.88. The monoisotopic (exact) mass is 562 g/mol. The maximum atomic E-state index is 11.8. The standard InChI is InChI=1S/C28H38N10O3/c1-15-9-11-18(12-10-15)14-38-22-23(29-16(2)19-6-4-7-19)30-25(26-33-28(39)40-36-26)31-24(22)32-27(38)37-13-5-8-20(37)21-17(3)34-41-35-21/h15-16,18-20H,4-14H2,1-3H3,(H,29,30,31)(H,33,36,39)/t15-,16-,18-,20?/m1/s1. The molecular formula is C28H38N10O3. The molecule has 13 heteroatoms. The molecule has 1 saturated heterocycles. The first-order chi connectivity index (χ1) is 19.9. The highest BCUT2D eigenvalue weighted by atomic mass is 16.6. The number of aromatic amines is 1. The molecule has 2 aliphatic carbocycles. The number of aryl methyl sites for hydroxylation is 1. The van der Waals surface area contributed by atoms with Gasteiger partial charge >= 0.3 is 5.76 Å². The number of imidazole rings is 1. The minimum absolute atomic E-state index is 0.0211. The number of nitrogens with zero attached hydrogens (tertiary/aromatic N) is 8. The van der Waals surface area contributed by atoms with Gasteiger partial charge in [-0.15, -0.1) is 0 Å². The van der Waals surface area contributed by atoms with E-state index in [1.54, 1.807) is 0 Å². The second-order valence-electron chi connectivity index (χ2n) is 12.4. The molecular weight excluding hydrogens is 524 g/mol. The summed E-state index contributed by atoms with van der Waals surface area (Å²) in [5, 5.41) is 15.9. The summed E-state index contributed by atoms with van der Waals surface area (Å²) in [6, 6.07) is 0.254. The molecule has 0 amide bonds. The van der Waals surface area contributed by atoms with E-state index in [2.05, 4.69) is 49.1 Å². The van der Waals surface area contributed by atoms with E-state index in [-0.39, 0.29) is 23.7 Å². The minimum atomic E-state index is -0.643. The number of hydrogen-bond donors (Lipinski definition) is 2. The van der Waals surface area contributed by atoms with Crippen LogP contribution in [0.2, 0.25) is 0 Å². The van der Waals surface area contributed by atoms with Crippen LogP contribution in [0.25, 0.3) is 22.8 Å². The second kappa shape index (κ2) is 10.6. The molecule has 0 bridgehead atoms. The molecule has 218 valence electrons. The fraction of sp³-hybridized carbons (Fsp3) is 0.679. The van der Waals surface area contributed by atoms with E-state index in [4.69, 9.17) is 24.1 Å². The number of anilines is 2. The van der Waals surface area contributed by atoms with Crippen LogP contribution in [0.1, 0.15) is 89.1 Å². The Kier molecular flexibility index (Phi) is 6.74. The van der Waals surface area contributed by atoms with Gasteiger partial charge in [0.25, 0.3) is 0 Å². The Balaban J connectivity index is 1.37. The van der Waals surface area contributed by atoms with Crippen LogP contribution < -0.4 is 16.0 Å². The molecule has 0 aromatic carbocycles. The van der Waals surface area contributed by atoms with E-state index < -0.39 is 5.76 Å². The smallest absolute Gasteiger partial charge is 0.365 e. The van der Waals surface area contributed by atoms with Crippen molar-refractivity contribution in [3.05, 3.63) is 21.9 Å². The number of hydrogen-bond acceptors (Lipinski definition) is 11. The quantitative estimate of drug-likeness (QED) is 0.308. The maximum Gasteiger partial charge on any atom is 0.439 e. The zero-order valence-corrected chi connectivity index (χ0v) is 24.0. The summed E-state index contributed by atoms with van der Waals surface area (Å²) in [6.07, 6.45) is 10.5. The number of H-pyrrole nitrogens is 1. The van der Waals surface area contributed by atoms with Gasteiger partial charge in [-0.05, 0) is 70.1 Å². The number of aromatic nitrogens is 8. The van der Waals surface area contributed by atoms with Crippen molar-refractivity contribution in [1.29, 1.82) is 0 Å². The van der Waals surface area contributed by atoms with Crippen molar-refractivity contribution in [2.75, 3.05) is 16.8 Å². The number of fused-ring (bicyclic) bond motifs is 1. The van der Waals surface area contributed by atoms with E-state index in [1.165, 1.54) is 44.9 Å². The maximum absolute atomic E-state index is 11.8. The predicted octanol–water partition coefficient (Wildman–Crippen LogP) is 4.63. The van der Waals surface area contributed by atoms with Gasteiger partial charge in [-0.3, -0.25) is 9.51 Å². The predicted molar refractivity (Wildman–Crippen MR) is 151 cm³/mol. The van der Waals surface area contributed by atoms with Gasteiger partial charge in [0, 0.05) is 19.1 Å². The first kappa shape index (κ1) is 26.1. The van der Waals surface area contributed by atoms with E-state index in [0.29, 0.717) is 23.3 Å². The molecule has 13 nitrogen and oxygen atoms in total. The normalized spacial score (nSPS) is 24.2. The first-order valence-corrected chi connectivity index (χ1v) is 15.1. The molecule has 7 rings (SSSR count). The molecule has 2 N–H and O–H groups in total. The Morgan fingerprint density at radius 2 is 1.85 bits per heavy atom. The Bertz CT molecular complexity index is 1580. The second-order valence-corrected chi connectivity index (χ2v) is 12.4. The van der Waals surface area contributed by atoms with Gasteiger partial charge in [0.15, 0.2) is 11.5 Å². The van der Waals surface area contributed by atoms with Crippen LogP contribution in [-0.4, -0.2) is 52.6 Å². The Hall–Kier alpha value is -3.77. The zero-order valence-electron chi connectivity index (χ0n) is 24.0. The van der Waals surface area contributed by atoms with Gasteiger partial charge in [-0.25, -0.2) is 19.4 Å². The van der Waals surface area contributed by atoms with Gasteiger partial charge in [0.2, 0.25) is 17.6 Å². The van der Waals surface area contributed by atoms with Crippen LogP contribution >= 0.6 is 0 Å². The average molecular weight is 563 g/mol. The summed E-state index contributed by atoms with van der Waals surface area (Å²) in [6.45, 7) is 8.20. The molecule has 5 heterocycles. The lowest BCUT2D eigenvalue weighted by atomic mass is 9.80. The van der Waals surface area contributed by atoms with E-state index in [1.807, 2.05) is 6.92 Å². The van der Waals surface area contributed by atoms with Crippen LogP contribution in [0.3, 0.4) is 0 Å². The highest BCUT2D eigenvalue weighted by Crippen LogP contribution is 2.41. The number of nitrogens with one attached hydrogen (secondary N) is 2. The topological polar surface area (TPSA) is 157 Å². The highest BCUT2D eigenvalue weighted by Gasteiger charge is 2.36. The molecule has 3 aliphatic rings. The van der Waals surface area contributed by atoms with Crippen LogP contribution in [0.5, 0.6) is 0 Å². The van der Waals surface area contributed by atoms with Crippen LogP contribution in [0.15, 0.2) is 13.9 Å². The number of rotatable bonds is 8. The zero-order chi connectivity index (χ0) is 28.1. The molecule has 4 aromatic heterocycles. The van der Waals surface area contributed by atoms with Crippen molar-refractivity contribution < 1.29 is 9.15 Å². The fourth-order valence-corrected chi connectivity index (χ4v) is 6.82. The van der Waals surface area contributed by atoms with E-state index >= 15 is 0 Å². The fourth-order valence-electron chi connectivity index (χ4n) is 6.82.